The molecule has 0 amide bonds. The van der Waals surface area contributed by atoms with E-state index in [1.54, 1.807) is 44.2 Å². The van der Waals surface area contributed by atoms with Crippen molar-refractivity contribution in [3.8, 4) is 5.75 Å². The van der Waals surface area contributed by atoms with Gasteiger partial charge in [0.1, 0.15) is 5.75 Å². The van der Waals surface area contributed by atoms with Crippen molar-refractivity contribution < 1.29 is 15.3 Å². The van der Waals surface area contributed by atoms with Crippen LogP contribution >= 0.6 is 0 Å². The van der Waals surface area contributed by atoms with E-state index in [0.29, 0.717) is 0 Å². The molecule has 1 aromatic carbocycles. The van der Waals surface area contributed by atoms with Crippen LogP contribution in [0.15, 0.2) is 84.2 Å². The molecule has 140 valence electrons. The Morgan fingerprint density at radius 2 is 1.81 bits per heavy atom. The molecule has 0 saturated carbocycles. The van der Waals surface area contributed by atoms with Gasteiger partial charge < -0.3 is 15.3 Å². The largest absolute Gasteiger partial charge is 0.513 e. The fourth-order valence-electron chi connectivity index (χ4n) is 2.85. The normalized spacial score (nSPS) is 17.2. The molecular weight excluding hydrogens is 324 g/mol. The molecule has 0 heterocycles. The van der Waals surface area contributed by atoms with Gasteiger partial charge >= 0.3 is 0 Å². The molecule has 0 aliphatic heterocycles. The molecule has 2 unspecified atom stereocenters. The maximum atomic E-state index is 9.69. The predicted molar refractivity (Wildman–Crippen MR) is 109 cm³/mol. The minimum absolute atomic E-state index is 0.201. The van der Waals surface area contributed by atoms with Gasteiger partial charge in [-0.05, 0) is 62.1 Å². The van der Waals surface area contributed by atoms with Crippen molar-refractivity contribution in [2.75, 3.05) is 0 Å². The lowest BCUT2D eigenvalue weighted by molar-refractivity contribution is 0.244. The summed E-state index contributed by atoms with van der Waals surface area (Å²) in [7, 11) is 0. The van der Waals surface area contributed by atoms with E-state index in [0.717, 1.165) is 23.1 Å². The summed E-state index contributed by atoms with van der Waals surface area (Å²) in [5.74, 6) is 0.407. The molecule has 3 heteroatoms. The van der Waals surface area contributed by atoms with E-state index in [1.165, 1.54) is 0 Å². The van der Waals surface area contributed by atoms with Crippen LogP contribution < -0.4 is 0 Å². The molecule has 0 saturated heterocycles. The number of hydrogen-bond donors (Lipinski definition) is 3. The zero-order valence-electron chi connectivity index (χ0n) is 16.1. The number of aromatic hydroxyl groups is 1. The fraction of sp³-hybridized carbons (Fsp3) is 0.304. The Morgan fingerprint density at radius 3 is 2.27 bits per heavy atom. The lowest BCUT2D eigenvalue weighted by Crippen LogP contribution is -2.26. The van der Waals surface area contributed by atoms with Crippen LogP contribution in [0.3, 0.4) is 0 Å². The summed E-state index contributed by atoms with van der Waals surface area (Å²) in [4.78, 5) is 0. The van der Waals surface area contributed by atoms with Crippen molar-refractivity contribution in [3.05, 3.63) is 89.8 Å². The number of allylic oxidation sites excluding steroid dienone is 8. The van der Waals surface area contributed by atoms with E-state index in [9.17, 15) is 15.3 Å². The van der Waals surface area contributed by atoms with Crippen molar-refractivity contribution in [2.24, 2.45) is 0 Å². The minimum Gasteiger partial charge on any atom is -0.513 e. The van der Waals surface area contributed by atoms with Gasteiger partial charge in [-0.3, -0.25) is 0 Å². The first-order valence-corrected chi connectivity index (χ1v) is 8.82. The monoisotopic (exact) mass is 354 g/mol. The van der Waals surface area contributed by atoms with E-state index in [4.69, 9.17) is 0 Å². The third kappa shape index (κ3) is 5.50. The first-order chi connectivity index (χ1) is 12.2. The van der Waals surface area contributed by atoms with Crippen molar-refractivity contribution >= 4 is 0 Å². The third-order valence-electron chi connectivity index (χ3n) is 4.30. The molecule has 1 aromatic rings. The molecular formula is C23H30O3. The molecule has 2 atom stereocenters. The maximum absolute atomic E-state index is 9.69. The second-order valence-electron chi connectivity index (χ2n) is 6.47. The summed E-state index contributed by atoms with van der Waals surface area (Å²) >= 11 is 0. The molecule has 3 nitrogen and oxygen atoms in total. The number of aliphatic hydroxyl groups is 2. The first-order valence-electron chi connectivity index (χ1n) is 8.82. The van der Waals surface area contributed by atoms with Crippen LogP contribution in [0.1, 0.15) is 39.7 Å². The van der Waals surface area contributed by atoms with Crippen LogP contribution in [0.2, 0.25) is 0 Å². The van der Waals surface area contributed by atoms with Crippen molar-refractivity contribution in [1.29, 1.82) is 0 Å². The SMILES string of the molecule is C=C/C(=C\C=C(/C)O)C(C)(C(/C=C\C(C)O)=C/CC)c1ccc(O)cc1. The Kier molecular flexibility index (Phi) is 8.14. The first kappa shape index (κ1) is 21.5. The highest BCUT2D eigenvalue weighted by Crippen LogP contribution is 2.41. The zero-order valence-corrected chi connectivity index (χ0v) is 16.1. The number of phenolic OH excluding ortho intramolecular Hbond substituents is 1. The molecule has 0 radical (unpaired) electrons. The van der Waals surface area contributed by atoms with Crippen LogP contribution in [0, 0.1) is 0 Å². The highest BCUT2D eigenvalue weighted by Gasteiger charge is 2.32. The highest BCUT2D eigenvalue weighted by molar-refractivity contribution is 5.54. The van der Waals surface area contributed by atoms with Crippen LogP contribution in [-0.4, -0.2) is 21.4 Å². The molecule has 1 rings (SSSR count). The summed E-state index contributed by atoms with van der Waals surface area (Å²) in [6, 6.07) is 7.07. The summed E-state index contributed by atoms with van der Waals surface area (Å²) in [6.07, 6.45) is 11.3. The van der Waals surface area contributed by atoms with Crippen LogP contribution in [0.5, 0.6) is 5.75 Å². The Hall–Kier alpha value is -2.52. The smallest absolute Gasteiger partial charge is 0.115 e. The second-order valence-corrected chi connectivity index (χ2v) is 6.47. The number of phenols is 1. The van der Waals surface area contributed by atoms with E-state index >= 15 is 0 Å². The zero-order chi connectivity index (χ0) is 19.7. The van der Waals surface area contributed by atoms with E-state index in [2.05, 4.69) is 26.5 Å². The molecule has 0 aliphatic carbocycles. The van der Waals surface area contributed by atoms with Crippen molar-refractivity contribution in [1.82, 2.24) is 0 Å². The summed E-state index contributed by atoms with van der Waals surface area (Å²) < 4.78 is 0. The lowest BCUT2D eigenvalue weighted by Gasteiger charge is -2.34. The predicted octanol–water partition coefficient (Wildman–Crippen LogP) is 5.50. The fourth-order valence-corrected chi connectivity index (χ4v) is 2.85. The Morgan fingerprint density at radius 1 is 1.19 bits per heavy atom. The summed E-state index contributed by atoms with van der Waals surface area (Å²) in [5.41, 5.74) is 2.30. The molecule has 0 fully saturated rings. The lowest BCUT2D eigenvalue weighted by atomic mass is 9.69. The Balaban J connectivity index is 3.71. The van der Waals surface area contributed by atoms with Crippen molar-refractivity contribution in [2.45, 2.75) is 45.6 Å². The quantitative estimate of drug-likeness (QED) is 0.427. The van der Waals surface area contributed by atoms with Gasteiger partial charge in [-0.15, -0.1) is 0 Å². The molecule has 0 aliphatic rings. The van der Waals surface area contributed by atoms with Crippen LogP contribution in [-0.2, 0) is 5.41 Å². The van der Waals surface area contributed by atoms with Gasteiger partial charge in [-0.2, -0.15) is 0 Å². The van der Waals surface area contributed by atoms with Gasteiger partial charge in [-0.1, -0.05) is 56.0 Å². The highest BCUT2D eigenvalue weighted by atomic mass is 16.3. The van der Waals surface area contributed by atoms with Gasteiger partial charge in [0, 0.05) is 5.41 Å². The molecule has 26 heavy (non-hydrogen) atoms. The van der Waals surface area contributed by atoms with E-state index < -0.39 is 11.5 Å². The Labute approximate surface area is 157 Å². The number of aliphatic hydroxyl groups excluding tert-OH is 2. The van der Waals surface area contributed by atoms with E-state index in [-0.39, 0.29) is 11.5 Å². The van der Waals surface area contributed by atoms with Gasteiger partial charge in [-0.25, -0.2) is 0 Å². The second kappa shape index (κ2) is 9.83. The summed E-state index contributed by atoms with van der Waals surface area (Å²) in [5, 5.41) is 28.9. The molecule has 3 N–H and O–H groups in total. The van der Waals surface area contributed by atoms with Gasteiger partial charge in [0.15, 0.2) is 0 Å². The van der Waals surface area contributed by atoms with E-state index in [1.807, 2.05) is 24.3 Å². The number of hydrogen-bond acceptors (Lipinski definition) is 3. The standard InChI is InChI=1S/C23H30O3/c1-6-8-20(12-10-18(4)25)23(5,19(7-2)11-9-17(3)24)21-13-15-22(26)16-14-21/h7-16,18,24-26H,2,6H2,1,3-5H3/b12-10-,17-9+,19-11+,20-8+. The third-order valence-corrected chi connectivity index (χ3v) is 4.30. The molecule has 0 spiro atoms. The number of benzene rings is 1. The molecule has 0 bridgehead atoms. The molecule has 0 aromatic heterocycles. The Bertz CT molecular complexity index is 714. The summed E-state index contributed by atoms with van der Waals surface area (Å²) in [6.45, 7) is 11.4. The topological polar surface area (TPSA) is 60.7 Å². The van der Waals surface area contributed by atoms with Gasteiger partial charge in [0.2, 0.25) is 0 Å². The van der Waals surface area contributed by atoms with Gasteiger partial charge in [0.05, 0.1) is 11.9 Å². The average molecular weight is 354 g/mol. The van der Waals surface area contributed by atoms with Crippen molar-refractivity contribution in [3.63, 3.8) is 0 Å². The maximum Gasteiger partial charge on any atom is 0.115 e. The van der Waals surface area contributed by atoms with Crippen LogP contribution in [0.25, 0.3) is 0 Å². The average Bonchev–Trinajstić information content (AvgIpc) is 2.58. The van der Waals surface area contributed by atoms with Gasteiger partial charge in [0.25, 0.3) is 0 Å². The minimum atomic E-state index is -0.567. The van der Waals surface area contributed by atoms with Crippen LogP contribution in [0.4, 0.5) is 0 Å². The number of rotatable bonds is 8.